The van der Waals surface area contributed by atoms with E-state index in [0.717, 1.165) is 10.1 Å². The number of carbonyl (C=O) groups is 1. The zero-order valence-electron chi connectivity index (χ0n) is 10.6. The van der Waals surface area contributed by atoms with Crippen LogP contribution < -0.4 is 0 Å². The average molecular weight is 297 g/mol. The smallest absolute Gasteiger partial charge is 0.137 e. The Hall–Kier alpha value is -1.16. The third-order valence-corrected chi connectivity index (χ3v) is 3.06. The molecule has 3 nitrogen and oxygen atoms in total. The third-order valence-electron chi connectivity index (χ3n) is 2.62. The van der Waals surface area contributed by atoms with Gasteiger partial charge in [-0.05, 0) is 48.3 Å². The summed E-state index contributed by atoms with van der Waals surface area (Å²) in [5.74, 6) is 0.255. The fraction of sp³-hybridized carbons (Fsp3) is 0.385. The largest absolute Gasteiger partial charge is 0.343 e. The molecule has 0 saturated heterocycles. The lowest BCUT2D eigenvalue weighted by molar-refractivity contribution is -0.116. The van der Waals surface area contributed by atoms with E-state index in [0.29, 0.717) is 6.42 Å². The molecule has 0 spiro atoms. The highest BCUT2D eigenvalue weighted by atomic mass is 79.9. The molecule has 4 heteroatoms. The molecule has 0 atom stereocenters. The Morgan fingerprint density at radius 3 is 2.59 bits per heavy atom. The third kappa shape index (κ3) is 3.66. The second-order valence-electron chi connectivity index (χ2n) is 3.98. The van der Waals surface area contributed by atoms with Crippen LogP contribution in [-0.2, 0) is 4.79 Å². The van der Waals surface area contributed by atoms with Crippen molar-refractivity contribution in [2.45, 2.75) is 34.1 Å². The van der Waals surface area contributed by atoms with Crippen LogP contribution in [0.15, 0.2) is 16.7 Å². The van der Waals surface area contributed by atoms with Gasteiger partial charge in [0.1, 0.15) is 11.4 Å². The van der Waals surface area contributed by atoms with Gasteiger partial charge in [0.25, 0.3) is 0 Å². The predicted octanol–water partition coefficient (Wildman–Crippen LogP) is 3.93. The SMILES string of the molecule is CCC(C)=O.Cc1[nH]c2ncc(Br)cc2c1C. The molecule has 0 aromatic carbocycles. The molecule has 17 heavy (non-hydrogen) atoms. The van der Waals surface area contributed by atoms with E-state index >= 15 is 0 Å². The molecule has 2 heterocycles. The van der Waals surface area contributed by atoms with Gasteiger partial charge in [-0.1, -0.05) is 6.92 Å². The molecular formula is C13H17BrN2O. The van der Waals surface area contributed by atoms with Gasteiger partial charge in [-0.3, -0.25) is 0 Å². The maximum Gasteiger partial charge on any atom is 0.137 e. The van der Waals surface area contributed by atoms with Crippen molar-refractivity contribution in [1.82, 2.24) is 9.97 Å². The highest BCUT2D eigenvalue weighted by Gasteiger charge is 2.04. The first-order valence-electron chi connectivity index (χ1n) is 5.55. The van der Waals surface area contributed by atoms with Crippen LogP contribution in [0.5, 0.6) is 0 Å². The van der Waals surface area contributed by atoms with E-state index in [-0.39, 0.29) is 5.78 Å². The number of H-pyrrole nitrogens is 1. The summed E-state index contributed by atoms with van der Waals surface area (Å²) in [5.41, 5.74) is 3.43. The van der Waals surface area contributed by atoms with Crippen molar-refractivity contribution in [1.29, 1.82) is 0 Å². The Labute approximate surface area is 110 Å². The van der Waals surface area contributed by atoms with Crippen LogP contribution in [0.2, 0.25) is 0 Å². The van der Waals surface area contributed by atoms with Crippen molar-refractivity contribution >= 4 is 32.7 Å². The van der Waals surface area contributed by atoms with Crippen LogP contribution in [0.1, 0.15) is 31.5 Å². The van der Waals surface area contributed by atoms with E-state index in [2.05, 4.69) is 45.8 Å². The Bertz CT molecular complexity index is 531. The van der Waals surface area contributed by atoms with Crippen molar-refractivity contribution in [3.05, 3.63) is 28.0 Å². The van der Waals surface area contributed by atoms with Crippen LogP contribution in [0.25, 0.3) is 11.0 Å². The fourth-order valence-electron chi connectivity index (χ4n) is 1.30. The summed E-state index contributed by atoms with van der Waals surface area (Å²) in [5, 5.41) is 1.20. The number of hydrogen-bond acceptors (Lipinski definition) is 2. The number of aromatic amines is 1. The Kier molecular flexibility index (Phi) is 4.87. The summed E-state index contributed by atoms with van der Waals surface area (Å²) >= 11 is 3.40. The number of rotatable bonds is 1. The average Bonchev–Trinajstić information content (AvgIpc) is 2.56. The van der Waals surface area contributed by atoms with Crippen molar-refractivity contribution in [3.63, 3.8) is 0 Å². The van der Waals surface area contributed by atoms with Crippen molar-refractivity contribution in [2.75, 3.05) is 0 Å². The van der Waals surface area contributed by atoms with Crippen LogP contribution in [0, 0.1) is 13.8 Å². The fourth-order valence-corrected chi connectivity index (χ4v) is 1.63. The van der Waals surface area contributed by atoms with E-state index in [1.54, 1.807) is 13.1 Å². The summed E-state index contributed by atoms with van der Waals surface area (Å²) in [6.07, 6.45) is 2.47. The predicted molar refractivity (Wildman–Crippen MR) is 74.2 cm³/mol. The number of hydrogen-bond donors (Lipinski definition) is 1. The number of Topliss-reactive ketones (excluding diaryl/α,β-unsaturated/α-hetero) is 1. The van der Waals surface area contributed by atoms with Gasteiger partial charge >= 0.3 is 0 Å². The summed E-state index contributed by atoms with van der Waals surface area (Å²) < 4.78 is 1.03. The van der Waals surface area contributed by atoms with E-state index in [4.69, 9.17) is 0 Å². The summed E-state index contributed by atoms with van der Waals surface area (Å²) in [7, 11) is 0. The molecule has 0 unspecified atom stereocenters. The van der Waals surface area contributed by atoms with Crippen LogP contribution >= 0.6 is 15.9 Å². The number of nitrogens with one attached hydrogen (secondary N) is 1. The monoisotopic (exact) mass is 296 g/mol. The molecule has 1 N–H and O–H groups in total. The number of ketones is 1. The van der Waals surface area contributed by atoms with Crippen LogP contribution in [0.4, 0.5) is 0 Å². The lowest BCUT2D eigenvalue weighted by atomic mass is 10.2. The normalized spacial score (nSPS) is 9.94. The highest BCUT2D eigenvalue weighted by molar-refractivity contribution is 9.10. The highest BCUT2D eigenvalue weighted by Crippen LogP contribution is 2.22. The van der Waals surface area contributed by atoms with Crippen LogP contribution in [-0.4, -0.2) is 15.8 Å². The molecule has 92 valence electrons. The van der Waals surface area contributed by atoms with Gasteiger partial charge in [0.15, 0.2) is 0 Å². The molecule has 2 aromatic heterocycles. The van der Waals surface area contributed by atoms with Gasteiger partial charge in [0.2, 0.25) is 0 Å². The van der Waals surface area contributed by atoms with Gasteiger partial charge in [-0.15, -0.1) is 0 Å². The summed E-state index contributed by atoms with van der Waals surface area (Å²) in [6.45, 7) is 7.59. The molecule has 0 aliphatic heterocycles. The molecular weight excluding hydrogens is 280 g/mol. The Balaban J connectivity index is 0.000000249. The first-order chi connectivity index (χ1) is 7.95. The van der Waals surface area contributed by atoms with Gasteiger partial charge in [0, 0.05) is 28.2 Å². The number of aromatic nitrogens is 2. The lowest BCUT2D eigenvalue weighted by Gasteiger charge is -1.91. The molecule has 0 bridgehead atoms. The number of halogens is 1. The van der Waals surface area contributed by atoms with Gasteiger partial charge in [0.05, 0.1) is 0 Å². The molecule has 0 aliphatic rings. The molecule has 0 fully saturated rings. The minimum Gasteiger partial charge on any atom is -0.343 e. The molecule has 2 rings (SSSR count). The van der Waals surface area contributed by atoms with Crippen molar-refractivity contribution in [2.24, 2.45) is 0 Å². The van der Waals surface area contributed by atoms with Crippen molar-refractivity contribution in [3.8, 4) is 0 Å². The Morgan fingerprint density at radius 1 is 1.47 bits per heavy atom. The van der Waals surface area contributed by atoms with Crippen molar-refractivity contribution < 1.29 is 4.79 Å². The van der Waals surface area contributed by atoms with Gasteiger partial charge in [-0.2, -0.15) is 0 Å². The quantitative estimate of drug-likeness (QED) is 0.867. The molecule has 0 amide bonds. The molecule has 0 saturated carbocycles. The van der Waals surface area contributed by atoms with E-state index in [1.165, 1.54) is 16.6 Å². The Morgan fingerprint density at radius 2 is 2.06 bits per heavy atom. The first-order valence-corrected chi connectivity index (χ1v) is 6.34. The summed E-state index contributed by atoms with van der Waals surface area (Å²) in [6, 6.07) is 2.08. The van der Waals surface area contributed by atoms with Gasteiger partial charge in [-0.25, -0.2) is 4.98 Å². The standard InChI is InChI=1S/C9H9BrN2.C4H8O/c1-5-6(2)12-9-8(5)3-7(10)4-11-9;1-3-4(2)5/h3-4H,1-2H3,(H,11,12);3H2,1-2H3. The minimum atomic E-state index is 0.255. The number of nitrogens with zero attached hydrogens (tertiary/aromatic N) is 1. The topological polar surface area (TPSA) is 45.8 Å². The molecule has 2 aromatic rings. The van der Waals surface area contributed by atoms with Crippen LogP contribution in [0.3, 0.4) is 0 Å². The zero-order chi connectivity index (χ0) is 13.0. The number of aryl methyl sites for hydroxylation is 2. The first kappa shape index (κ1) is 13.9. The maximum absolute atomic E-state index is 9.81. The number of carbonyl (C=O) groups excluding carboxylic acids is 1. The van der Waals surface area contributed by atoms with E-state index in [1.807, 2.05) is 6.92 Å². The second kappa shape index (κ2) is 5.96. The number of pyridine rings is 1. The van der Waals surface area contributed by atoms with E-state index in [9.17, 15) is 4.79 Å². The maximum atomic E-state index is 9.81. The van der Waals surface area contributed by atoms with E-state index < -0.39 is 0 Å². The van der Waals surface area contributed by atoms with Gasteiger partial charge < -0.3 is 9.78 Å². The molecule has 0 radical (unpaired) electrons. The number of fused-ring (bicyclic) bond motifs is 1. The second-order valence-corrected chi connectivity index (χ2v) is 4.90. The molecule has 0 aliphatic carbocycles. The zero-order valence-corrected chi connectivity index (χ0v) is 12.2. The summed E-state index contributed by atoms with van der Waals surface area (Å²) in [4.78, 5) is 17.3. The lowest BCUT2D eigenvalue weighted by Crippen LogP contribution is -1.80. The minimum absolute atomic E-state index is 0.255.